The highest BCUT2D eigenvalue weighted by molar-refractivity contribution is 6.07. The molecule has 4 nitrogen and oxygen atoms in total. The van der Waals surface area contributed by atoms with Crippen LogP contribution in [0, 0.1) is 11.8 Å². The molecule has 4 rings (SSSR count). The molecule has 0 bridgehead atoms. The fraction of sp³-hybridized carbons (Fsp3) is 0.300. The first-order chi connectivity index (χ1) is 11.7. The lowest BCUT2D eigenvalue weighted by atomic mass is 10.0. The van der Waals surface area contributed by atoms with Crippen molar-refractivity contribution in [1.82, 2.24) is 10.3 Å². The minimum Gasteiger partial charge on any atom is -0.463 e. The van der Waals surface area contributed by atoms with Crippen molar-refractivity contribution in [2.45, 2.75) is 19.8 Å². The Morgan fingerprint density at radius 3 is 2.88 bits per heavy atom. The Kier molecular flexibility index (Phi) is 3.81. The van der Waals surface area contributed by atoms with Gasteiger partial charge in [0, 0.05) is 11.9 Å². The fourth-order valence-corrected chi connectivity index (χ4v) is 3.09. The number of fused-ring (bicyclic) bond motifs is 1. The molecule has 1 N–H and O–H groups in total. The highest BCUT2D eigenvalue weighted by atomic mass is 16.3. The standard InChI is InChI=1S/C20H20N2O2/c1-13(14-8-9-14)12-21-20(23)16-11-18(19-7-4-10-24-19)22-17-6-3-2-5-15(16)17/h2-7,10-11,13-14H,8-9,12H2,1H3,(H,21,23). The van der Waals surface area contributed by atoms with Crippen LogP contribution in [0.25, 0.3) is 22.4 Å². The molecular weight excluding hydrogens is 300 g/mol. The maximum atomic E-state index is 12.8. The van der Waals surface area contributed by atoms with Crippen LogP contribution < -0.4 is 5.32 Å². The number of nitrogens with one attached hydrogen (secondary N) is 1. The normalized spacial score (nSPS) is 15.4. The summed E-state index contributed by atoms with van der Waals surface area (Å²) in [5, 5.41) is 3.95. The summed E-state index contributed by atoms with van der Waals surface area (Å²) in [6, 6.07) is 13.2. The Morgan fingerprint density at radius 1 is 1.29 bits per heavy atom. The van der Waals surface area contributed by atoms with Gasteiger partial charge in [-0.2, -0.15) is 0 Å². The first kappa shape index (κ1) is 14.9. The number of benzene rings is 1. The van der Waals surface area contributed by atoms with Gasteiger partial charge in [0.1, 0.15) is 5.69 Å². The molecule has 1 fully saturated rings. The van der Waals surface area contributed by atoms with E-state index in [9.17, 15) is 4.79 Å². The van der Waals surface area contributed by atoms with Crippen LogP contribution in [-0.4, -0.2) is 17.4 Å². The topological polar surface area (TPSA) is 55.1 Å². The molecule has 1 saturated carbocycles. The SMILES string of the molecule is CC(CNC(=O)c1cc(-c2ccco2)nc2ccccc12)C1CC1. The number of hydrogen-bond donors (Lipinski definition) is 1. The number of amides is 1. The quantitative estimate of drug-likeness (QED) is 0.764. The lowest BCUT2D eigenvalue weighted by molar-refractivity contribution is 0.0948. The van der Waals surface area contributed by atoms with Gasteiger partial charge in [0.05, 0.1) is 17.3 Å². The highest BCUT2D eigenvalue weighted by Gasteiger charge is 2.28. The van der Waals surface area contributed by atoms with Crippen LogP contribution in [0.2, 0.25) is 0 Å². The number of carbonyl (C=O) groups is 1. The van der Waals surface area contributed by atoms with Gasteiger partial charge in [-0.25, -0.2) is 4.98 Å². The maximum Gasteiger partial charge on any atom is 0.252 e. The monoisotopic (exact) mass is 320 g/mol. The first-order valence-electron chi connectivity index (χ1n) is 8.44. The van der Waals surface area contributed by atoms with E-state index in [1.54, 1.807) is 6.26 Å². The Labute approximate surface area is 140 Å². The number of hydrogen-bond acceptors (Lipinski definition) is 3. The molecule has 1 aromatic carbocycles. The molecule has 0 aliphatic heterocycles. The zero-order valence-corrected chi connectivity index (χ0v) is 13.7. The number of aromatic nitrogens is 1. The third-order valence-electron chi connectivity index (χ3n) is 4.75. The number of para-hydroxylation sites is 1. The summed E-state index contributed by atoms with van der Waals surface area (Å²) < 4.78 is 5.45. The van der Waals surface area contributed by atoms with Crippen LogP contribution in [0.1, 0.15) is 30.1 Å². The average Bonchev–Trinajstić information content (AvgIpc) is 3.32. The zero-order valence-electron chi connectivity index (χ0n) is 13.7. The Bertz CT molecular complexity index is 866. The van der Waals surface area contributed by atoms with Crippen molar-refractivity contribution < 1.29 is 9.21 Å². The summed E-state index contributed by atoms with van der Waals surface area (Å²) in [6.45, 7) is 2.92. The Hall–Kier alpha value is -2.62. The van der Waals surface area contributed by atoms with E-state index in [0.717, 1.165) is 23.4 Å². The molecule has 1 aliphatic rings. The fourth-order valence-electron chi connectivity index (χ4n) is 3.09. The van der Waals surface area contributed by atoms with Crippen LogP contribution in [0.3, 0.4) is 0 Å². The van der Waals surface area contributed by atoms with Crippen molar-refractivity contribution in [3.8, 4) is 11.5 Å². The maximum absolute atomic E-state index is 12.8. The van der Waals surface area contributed by atoms with Gasteiger partial charge in [-0.1, -0.05) is 25.1 Å². The molecular formula is C20H20N2O2. The van der Waals surface area contributed by atoms with Gasteiger partial charge in [-0.05, 0) is 48.9 Å². The van der Waals surface area contributed by atoms with Crippen molar-refractivity contribution in [3.63, 3.8) is 0 Å². The average molecular weight is 320 g/mol. The number of furan rings is 1. The van der Waals surface area contributed by atoms with E-state index in [0.29, 0.717) is 22.9 Å². The lowest BCUT2D eigenvalue weighted by Gasteiger charge is -2.13. The van der Waals surface area contributed by atoms with E-state index in [4.69, 9.17) is 4.42 Å². The van der Waals surface area contributed by atoms with Crippen LogP contribution >= 0.6 is 0 Å². The summed E-state index contributed by atoms with van der Waals surface area (Å²) >= 11 is 0. The van der Waals surface area contributed by atoms with Crippen molar-refractivity contribution in [3.05, 3.63) is 54.3 Å². The minimum absolute atomic E-state index is 0.0473. The van der Waals surface area contributed by atoms with Crippen LogP contribution in [-0.2, 0) is 0 Å². The molecule has 0 spiro atoms. The van der Waals surface area contributed by atoms with Crippen molar-refractivity contribution in [2.24, 2.45) is 11.8 Å². The van der Waals surface area contributed by atoms with Gasteiger partial charge in [-0.15, -0.1) is 0 Å². The summed E-state index contributed by atoms with van der Waals surface area (Å²) in [5.74, 6) is 1.93. The Balaban J connectivity index is 1.68. The van der Waals surface area contributed by atoms with Gasteiger partial charge in [-0.3, -0.25) is 4.79 Å². The number of carbonyl (C=O) groups excluding carboxylic acids is 1. The van der Waals surface area contributed by atoms with Gasteiger partial charge in [0.2, 0.25) is 0 Å². The second-order valence-electron chi connectivity index (χ2n) is 6.57. The molecule has 1 atom stereocenters. The molecule has 3 aromatic rings. The second-order valence-corrected chi connectivity index (χ2v) is 6.57. The smallest absolute Gasteiger partial charge is 0.252 e. The van der Waals surface area contributed by atoms with E-state index < -0.39 is 0 Å². The lowest BCUT2D eigenvalue weighted by Crippen LogP contribution is -2.29. The summed E-state index contributed by atoms with van der Waals surface area (Å²) in [4.78, 5) is 17.4. The van der Waals surface area contributed by atoms with E-state index in [1.807, 2.05) is 42.5 Å². The molecule has 0 saturated heterocycles. The number of nitrogens with zero attached hydrogens (tertiary/aromatic N) is 1. The minimum atomic E-state index is -0.0473. The molecule has 1 amide bonds. The van der Waals surface area contributed by atoms with Crippen molar-refractivity contribution in [1.29, 1.82) is 0 Å². The molecule has 1 aliphatic carbocycles. The molecule has 24 heavy (non-hydrogen) atoms. The predicted molar refractivity (Wildman–Crippen MR) is 93.7 cm³/mol. The van der Waals surface area contributed by atoms with Gasteiger partial charge >= 0.3 is 0 Å². The van der Waals surface area contributed by atoms with Crippen LogP contribution in [0.5, 0.6) is 0 Å². The first-order valence-corrected chi connectivity index (χ1v) is 8.44. The van der Waals surface area contributed by atoms with Crippen molar-refractivity contribution >= 4 is 16.8 Å². The Morgan fingerprint density at radius 2 is 2.12 bits per heavy atom. The van der Waals surface area contributed by atoms with Crippen molar-refractivity contribution in [2.75, 3.05) is 6.54 Å². The van der Waals surface area contributed by atoms with E-state index in [-0.39, 0.29) is 5.91 Å². The molecule has 0 radical (unpaired) electrons. The summed E-state index contributed by atoms with van der Waals surface area (Å²) in [7, 11) is 0. The molecule has 1 unspecified atom stereocenters. The van der Waals surface area contributed by atoms with E-state index >= 15 is 0 Å². The van der Waals surface area contributed by atoms with E-state index in [1.165, 1.54) is 12.8 Å². The zero-order chi connectivity index (χ0) is 16.5. The van der Waals surface area contributed by atoms with Gasteiger partial charge < -0.3 is 9.73 Å². The molecule has 2 heterocycles. The predicted octanol–water partition coefficient (Wildman–Crippen LogP) is 4.27. The number of rotatable bonds is 5. The molecule has 4 heteroatoms. The summed E-state index contributed by atoms with van der Waals surface area (Å²) in [5.41, 5.74) is 2.13. The number of pyridine rings is 1. The largest absolute Gasteiger partial charge is 0.463 e. The highest BCUT2D eigenvalue weighted by Crippen LogP contribution is 2.36. The van der Waals surface area contributed by atoms with Gasteiger partial charge in [0.15, 0.2) is 5.76 Å². The third-order valence-corrected chi connectivity index (χ3v) is 4.75. The summed E-state index contributed by atoms with van der Waals surface area (Å²) in [6.07, 6.45) is 4.19. The third kappa shape index (κ3) is 2.92. The molecule has 122 valence electrons. The van der Waals surface area contributed by atoms with Crippen LogP contribution in [0.15, 0.2) is 53.1 Å². The van der Waals surface area contributed by atoms with Crippen LogP contribution in [0.4, 0.5) is 0 Å². The van der Waals surface area contributed by atoms with E-state index in [2.05, 4.69) is 17.2 Å². The second kappa shape index (κ2) is 6.11. The molecule has 2 aromatic heterocycles. The van der Waals surface area contributed by atoms with Gasteiger partial charge in [0.25, 0.3) is 5.91 Å².